The van der Waals surface area contributed by atoms with E-state index in [1.165, 1.54) is 0 Å². The third-order valence-corrected chi connectivity index (χ3v) is 5.28. The number of anilines is 2. The molecule has 164 valence electrons. The number of nitrogens with zero attached hydrogens (tertiary/aromatic N) is 5. The molecule has 1 aromatic carbocycles. The van der Waals surface area contributed by atoms with Crippen LogP contribution in [0.2, 0.25) is 0 Å². The SMILES string of the molecule is CC(=O)N1C(C)CN(c2cc(N(C)NC(N)=Nc3ccc(C=O)cc3)ccn2)CC1C. The largest absolute Gasteiger partial charge is 0.368 e. The topological polar surface area (TPSA) is 107 Å². The van der Waals surface area contributed by atoms with Gasteiger partial charge in [0.1, 0.15) is 12.1 Å². The molecule has 0 radical (unpaired) electrons. The van der Waals surface area contributed by atoms with E-state index >= 15 is 0 Å². The molecule has 1 fully saturated rings. The number of amides is 1. The number of hydrazine groups is 1. The number of carbonyl (C=O) groups excluding carboxylic acids is 2. The zero-order valence-electron chi connectivity index (χ0n) is 18.3. The number of nitrogens with one attached hydrogen (secondary N) is 1. The molecule has 0 spiro atoms. The second-order valence-electron chi connectivity index (χ2n) is 7.78. The monoisotopic (exact) mass is 423 g/mol. The lowest BCUT2D eigenvalue weighted by Crippen LogP contribution is -2.58. The van der Waals surface area contributed by atoms with Gasteiger partial charge in [-0.15, -0.1) is 0 Å². The molecule has 1 amide bonds. The maximum absolute atomic E-state index is 11.9. The summed E-state index contributed by atoms with van der Waals surface area (Å²) in [6.45, 7) is 7.17. The number of aliphatic imine (C=N–C) groups is 1. The van der Waals surface area contributed by atoms with Crippen LogP contribution in [-0.2, 0) is 4.79 Å². The van der Waals surface area contributed by atoms with Gasteiger partial charge in [-0.25, -0.2) is 9.98 Å². The summed E-state index contributed by atoms with van der Waals surface area (Å²) in [5.41, 5.74) is 11.2. The number of nitrogens with two attached hydrogens (primary N) is 1. The number of piperazine rings is 1. The van der Waals surface area contributed by atoms with Crippen molar-refractivity contribution in [3.8, 4) is 0 Å². The van der Waals surface area contributed by atoms with E-state index in [1.807, 2.05) is 24.1 Å². The molecule has 0 saturated carbocycles. The Balaban J connectivity index is 1.69. The van der Waals surface area contributed by atoms with Gasteiger partial charge in [0.15, 0.2) is 0 Å². The van der Waals surface area contributed by atoms with Crippen molar-refractivity contribution in [3.63, 3.8) is 0 Å². The lowest BCUT2D eigenvalue weighted by Gasteiger charge is -2.44. The zero-order chi connectivity index (χ0) is 22.5. The number of benzene rings is 1. The Morgan fingerprint density at radius 1 is 1.23 bits per heavy atom. The highest BCUT2D eigenvalue weighted by Gasteiger charge is 2.31. The smallest absolute Gasteiger partial charge is 0.220 e. The second kappa shape index (κ2) is 9.46. The molecule has 9 nitrogen and oxygen atoms in total. The van der Waals surface area contributed by atoms with Gasteiger partial charge in [-0.1, -0.05) is 0 Å². The van der Waals surface area contributed by atoms with Crippen LogP contribution in [0.1, 0.15) is 31.1 Å². The highest BCUT2D eigenvalue weighted by atomic mass is 16.2. The highest BCUT2D eigenvalue weighted by molar-refractivity contribution is 5.83. The molecule has 3 rings (SSSR count). The number of pyridine rings is 1. The van der Waals surface area contributed by atoms with Crippen LogP contribution in [0.25, 0.3) is 0 Å². The van der Waals surface area contributed by atoms with Crippen LogP contribution < -0.4 is 21.1 Å². The summed E-state index contributed by atoms with van der Waals surface area (Å²) in [5, 5.41) is 1.77. The first-order chi connectivity index (χ1) is 14.8. The molecule has 3 N–H and O–H groups in total. The molecule has 31 heavy (non-hydrogen) atoms. The maximum Gasteiger partial charge on any atom is 0.220 e. The summed E-state index contributed by atoms with van der Waals surface area (Å²) < 4.78 is 0. The van der Waals surface area contributed by atoms with E-state index in [-0.39, 0.29) is 24.0 Å². The van der Waals surface area contributed by atoms with Crippen LogP contribution in [0.15, 0.2) is 47.6 Å². The first-order valence-corrected chi connectivity index (χ1v) is 10.2. The van der Waals surface area contributed by atoms with E-state index in [0.717, 1.165) is 30.9 Å². The number of hydrogen-bond donors (Lipinski definition) is 2. The van der Waals surface area contributed by atoms with Gasteiger partial charge in [-0.3, -0.25) is 20.0 Å². The van der Waals surface area contributed by atoms with E-state index in [2.05, 4.69) is 34.1 Å². The molecular weight excluding hydrogens is 394 g/mol. The van der Waals surface area contributed by atoms with Crippen molar-refractivity contribution in [2.24, 2.45) is 10.7 Å². The average molecular weight is 424 g/mol. The van der Waals surface area contributed by atoms with Crippen molar-refractivity contribution < 1.29 is 9.59 Å². The molecule has 1 saturated heterocycles. The molecule has 0 aliphatic carbocycles. The fourth-order valence-corrected chi connectivity index (χ4v) is 3.95. The molecule has 1 aromatic heterocycles. The summed E-state index contributed by atoms with van der Waals surface area (Å²) in [4.78, 5) is 35.6. The van der Waals surface area contributed by atoms with Crippen LogP contribution in [0.3, 0.4) is 0 Å². The lowest BCUT2D eigenvalue weighted by atomic mass is 10.1. The van der Waals surface area contributed by atoms with Crippen LogP contribution in [-0.4, -0.2) is 60.3 Å². The van der Waals surface area contributed by atoms with E-state index in [9.17, 15) is 9.59 Å². The maximum atomic E-state index is 11.9. The summed E-state index contributed by atoms with van der Waals surface area (Å²) in [6, 6.07) is 10.9. The van der Waals surface area contributed by atoms with Crippen molar-refractivity contribution >= 4 is 35.3 Å². The Morgan fingerprint density at radius 2 is 1.87 bits per heavy atom. The van der Waals surface area contributed by atoms with Crippen LogP contribution in [0, 0.1) is 0 Å². The van der Waals surface area contributed by atoms with Crippen molar-refractivity contribution in [1.29, 1.82) is 0 Å². The zero-order valence-corrected chi connectivity index (χ0v) is 18.3. The molecular formula is C22H29N7O2. The first-order valence-electron chi connectivity index (χ1n) is 10.2. The van der Waals surface area contributed by atoms with Crippen molar-refractivity contribution in [1.82, 2.24) is 15.3 Å². The first kappa shape index (κ1) is 22.1. The van der Waals surface area contributed by atoms with Gasteiger partial charge >= 0.3 is 0 Å². The second-order valence-corrected chi connectivity index (χ2v) is 7.78. The van der Waals surface area contributed by atoms with E-state index < -0.39 is 0 Å². The lowest BCUT2D eigenvalue weighted by molar-refractivity contribution is -0.133. The molecule has 9 heteroatoms. The van der Waals surface area contributed by atoms with Crippen LogP contribution in [0.4, 0.5) is 17.2 Å². The number of guanidine groups is 1. The Hall–Kier alpha value is -3.62. The summed E-state index contributed by atoms with van der Waals surface area (Å²) >= 11 is 0. The van der Waals surface area contributed by atoms with Crippen LogP contribution in [0.5, 0.6) is 0 Å². The minimum Gasteiger partial charge on any atom is -0.368 e. The number of rotatable bonds is 5. The molecule has 2 unspecified atom stereocenters. The number of aldehydes is 1. The third-order valence-electron chi connectivity index (χ3n) is 5.28. The van der Waals surface area contributed by atoms with Gasteiger partial charge < -0.3 is 15.5 Å². The standard InChI is InChI=1S/C22H29N7O2/c1-15-12-28(13-16(2)29(15)17(3)31)21-11-20(9-10-24-21)27(4)26-22(23)25-19-7-5-18(14-30)6-8-19/h5-11,14-16H,12-13H2,1-4H3,(H3,23,25,26). The fourth-order valence-electron chi connectivity index (χ4n) is 3.95. The van der Waals surface area contributed by atoms with Gasteiger partial charge in [-0.05, 0) is 44.2 Å². The minimum atomic E-state index is 0.0980. The molecule has 0 bridgehead atoms. The van der Waals surface area contributed by atoms with Crippen LogP contribution >= 0.6 is 0 Å². The van der Waals surface area contributed by atoms with E-state index in [4.69, 9.17) is 5.73 Å². The average Bonchev–Trinajstić information content (AvgIpc) is 2.73. The number of aromatic nitrogens is 1. The Kier molecular flexibility index (Phi) is 6.74. The van der Waals surface area contributed by atoms with Gasteiger partial charge in [-0.2, -0.15) is 0 Å². The Morgan fingerprint density at radius 3 is 2.45 bits per heavy atom. The quantitative estimate of drug-likeness (QED) is 0.327. The van der Waals surface area contributed by atoms with Crippen molar-refractivity contribution in [2.75, 3.05) is 30.0 Å². The Bertz CT molecular complexity index is 949. The van der Waals surface area contributed by atoms with Crippen molar-refractivity contribution in [2.45, 2.75) is 32.9 Å². The summed E-state index contributed by atoms with van der Waals surface area (Å²) in [6.07, 6.45) is 2.53. The molecule has 2 aromatic rings. The molecule has 2 atom stereocenters. The predicted molar refractivity (Wildman–Crippen MR) is 123 cm³/mol. The molecule has 1 aliphatic rings. The number of carbonyl (C=O) groups is 2. The summed E-state index contributed by atoms with van der Waals surface area (Å²) in [5.74, 6) is 1.16. The number of hydrogen-bond acceptors (Lipinski definition) is 6. The fraction of sp³-hybridized carbons (Fsp3) is 0.364. The van der Waals surface area contributed by atoms with E-state index in [1.54, 1.807) is 42.4 Å². The van der Waals surface area contributed by atoms with Gasteiger partial charge in [0.25, 0.3) is 0 Å². The van der Waals surface area contributed by atoms with Crippen molar-refractivity contribution in [3.05, 3.63) is 48.2 Å². The predicted octanol–water partition coefficient (Wildman–Crippen LogP) is 1.93. The van der Waals surface area contributed by atoms with Gasteiger partial charge in [0.2, 0.25) is 11.9 Å². The molecule has 1 aliphatic heterocycles. The van der Waals surface area contributed by atoms with Gasteiger partial charge in [0.05, 0.1) is 11.4 Å². The van der Waals surface area contributed by atoms with Gasteiger partial charge in [0, 0.05) is 57.0 Å². The Labute approximate surface area is 182 Å². The normalized spacial score (nSPS) is 19.2. The highest BCUT2D eigenvalue weighted by Crippen LogP contribution is 2.24. The molecule has 2 heterocycles. The third kappa shape index (κ3) is 5.30. The van der Waals surface area contributed by atoms with E-state index in [0.29, 0.717) is 11.3 Å². The minimum absolute atomic E-state index is 0.0980. The summed E-state index contributed by atoms with van der Waals surface area (Å²) in [7, 11) is 1.84.